The standard InChI is InChI=1S/C20H28F3NO6/c1-11(24-19(26)30-20(3,4)5)18(25)29-12(2)17(28-10-16(22)23)14-8-7-13(21)9-15(14)27-6/h7-9,11-12,16-17H,10H2,1-6H3,(H,24,26)/t11-,12-,17-/m0/s1. The molecule has 1 aromatic carbocycles. The lowest BCUT2D eigenvalue weighted by Crippen LogP contribution is -2.43. The summed E-state index contributed by atoms with van der Waals surface area (Å²) in [4.78, 5) is 24.2. The van der Waals surface area contributed by atoms with Crippen molar-refractivity contribution in [2.24, 2.45) is 0 Å². The molecule has 0 aliphatic carbocycles. The van der Waals surface area contributed by atoms with Crippen LogP contribution in [-0.4, -0.2) is 50.0 Å². The van der Waals surface area contributed by atoms with Gasteiger partial charge in [0.1, 0.15) is 42.0 Å². The molecule has 1 amide bonds. The Balaban J connectivity index is 2.93. The summed E-state index contributed by atoms with van der Waals surface area (Å²) in [6.07, 6.45) is -5.80. The van der Waals surface area contributed by atoms with Gasteiger partial charge in [0.2, 0.25) is 0 Å². The molecule has 30 heavy (non-hydrogen) atoms. The van der Waals surface area contributed by atoms with Gasteiger partial charge >= 0.3 is 12.1 Å². The Morgan fingerprint density at radius 3 is 2.33 bits per heavy atom. The fourth-order valence-corrected chi connectivity index (χ4v) is 2.46. The van der Waals surface area contributed by atoms with E-state index in [0.717, 1.165) is 12.1 Å². The lowest BCUT2D eigenvalue weighted by atomic mass is 10.0. The van der Waals surface area contributed by atoms with E-state index in [2.05, 4.69) is 5.32 Å². The van der Waals surface area contributed by atoms with Crippen molar-refractivity contribution in [3.05, 3.63) is 29.6 Å². The van der Waals surface area contributed by atoms with Gasteiger partial charge in [-0.2, -0.15) is 0 Å². The normalized spacial score (nSPS) is 14.6. The van der Waals surface area contributed by atoms with E-state index in [-0.39, 0.29) is 11.3 Å². The summed E-state index contributed by atoms with van der Waals surface area (Å²) < 4.78 is 59.6. The molecule has 3 atom stereocenters. The number of hydrogen-bond donors (Lipinski definition) is 1. The summed E-state index contributed by atoms with van der Waals surface area (Å²) in [5.74, 6) is -1.37. The molecule has 0 spiro atoms. The van der Waals surface area contributed by atoms with Crippen LogP contribution in [0.5, 0.6) is 5.75 Å². The largest absolute Gasteiger partial charge is 0.496 e. The first kappa shape index (κ1) is 25.5. The molecule has 1 N–H and O–H groups in total. The van der Waals surface area contributed by atoms with Gasteiger partial charge in [0.15, 0.2) is 0 Å². The third kappa shape index (κ3) is 8.48. The van der Waals surface area contributed by atoms with E-state index in [9.17, 15) is 22.8 Å². The zero-order valence-electron chi connectivity index (χ0n) is 17.8. The smallest absolute Gasteiger partial charge is 0.408 e. The summed E-state index contributed by atoms with van der Waals surface area (Å²) in [6, 6.07) is 2.40. The van der Waals surface area contributed by atoms with Crippen molar-refractivity contribution in [2.45, 2.75) is 64.9 Å². The number of hydrogen-bond acceptors (Lipinski definition) is 6. The molecular weight excluding hydrogens is 407 g/mol. The van der Waals surface area contributed by atoms with Crippen LogP contribution in [0.4, 0.5) is 18.0 Å². The Hall–Kier alpha value is -2.49. The Kier molecular flexibility index (Phi) is 9.41. The molecule has 1 rings (SSSR count). The summed E-state index contributed by atoms with van der Waals surface area (Å²) in [6.45, 7) is 6.87. The van der Waals surface area contributed by atoms with E-state index in [1.165, 1.54) is 27.0 Å². The predicted octanol–water partition coefficient (Wildman–Crippen LogP) is 4.00. The molecule has 0 saturated heterocycles. The minimum atomic E-state index is -2.77. The highest BCUT2D eigenvalue weighted by Crippen LogP contribution is 2.32. The summed E-state index contributed by atoms with van der Waals surface area (Å²) in [5, 5.41) is 2.33. The quantitative estimate of drug-likeness (QED) is 0.591. The lowest BCUT2D eigenvalue weighted by molar-refractivity contribution is -0.160. The zero-order valence-corrected chi connectivity index (χ0v) is 17.8. The van der Waals surface area contributed by atoms with E-state index in [1.54, 1.807) is 20.8 Å². The third-order valence-electron chi connectivity index (χ3n) is 3.72. The van der Waals surface area contributed by atoms with Gasteiger partial charge in [-0.05, 0) is 46.8 Å². The molecule has 0 bridgehead atoms. The first-order valence-electron chi connectivity index (χ1n) is 9.27. The van der Waals surface area contributed by atoms with Crippen LogP contribution in [0.2, 0.25) is 0 Å². The van der Waals surface area contributed by atoms with Gasteiger partial charge in [-0.3, -0.25) is 0 Å². The van der Waals surface area contributed by atoms with Gasteiger partial charge < -0.3 is 24.3 Å². The first-order valence-corrected chi connectivity index (χ1v) is 9.27. The second-order valence-electron chi connectivity index (χ2n) is 7.54. The van der Waals surface area contributed by atoms with Crippen LogP contribution in [0, 0.1) is 5.82 Å². The van der Waals surface area contributed by atoms with Gasteiger partial charge in [-0.1, -0.05) is 0 Å². The van der Waals surface area contributed by atoms with Gasteiger partial charge in [0.05, 0.1) is 7.11 Å². The van der Waals surface area contributed by atoms with E-state index < -0.39 is 54.8 Å². The number of halogens is 3. The molecule has 0 aliphatic heterocycles. The van der Waals surface area contributed by atoms with Crippen molar-refractivity contribution in [3.8, 4) is 5.75 Å². The molecule has 10 heteroatoms. The van der Waals surface area contributed by atoms with Crippen LogP contribution in [0.25, 0.3) is 0 Å². The zero-order chi connectivity index (χ0) is 23.1. The van der Waals surface area contributed by atoms with Crippen molar-refractivity contribution in [1.82, 2.24) is 5.32 Å². The molecule has 170 valence electrons. The number of carbonyl (C=O) groups is 2. The summed E-state index contributed by atoms with van der Waals surface area (Å²) in [5.41, 5.74) is -0.526. The van der Waals surface area contributed by atoms with Gasteiger partial charge in [-0.25, -0.2) is 22.8 Å². The van der Waals surface area contributed by atoms with Crippen LogP contribution in [0.15, 0.2) is 18.2 Å². The van der Waals surface area contributed by atoms with Crippen molar-refractivity contribution in [2.75, 3.05) is 13.7 Å². The third-order valence-corrected chi connectivity index (χ3v) is 3.72. The average molecular weight is 435 g/mol. The maximum atomic E-state index is 13.5. The summed E-state index contributed by atoms with van der Waals surface area (Å²) in [7, 11) is 1.28. The number of rotatable bonds is 9. The van der Waals surface area contributed by atoms with E-state index in [4.69, 9.17) is 18.9 Å². The van der Waals surface area contributed by atoms with Gasteiger partial charge in [0, 0.05) is 11.6 Å². The SMILES string of the molecule is COc1cc(F)ccc1[C@@H](OCC(F)F)[C@H](C)OC(=O)[C@H](C)NC(=O)OC(C)(C)C. The Morgan fingerprint density at radius 2 is 1.80 bits per heavy atom. The van der Waals surface area contributed by atoms with Gasteiger partial charge in [0.25, 0.3) is 6.43 Å². The average Bonchev–Trinajstić information content (AvgIpc) is 2.60. The Bertz CT molecular complexity index is 723. The minimum Gasteiger partial charge on any atom is -0.496 e. The van der Waals surface area contributed by atoms with Crippen molar-refractivity contribution < 1.29 is 41.7 Å². The number of esters is 1. The number of benzene rings is 1. The molecule has 0 aliphatic rings. The monoisotopic (exact) mass is 435 g/mol. The van der Waals surface area contributed by atoms with Crippen LogP contribution in [0.1, 0.15) is 46.3 Å². The summed E-state index contributed by atoms with van der Waals surface area (Å²) >= 11 is 0. The van der Waals surface area contributed by atoms with E-state index in [0.29, 0.717) is 0 Å². The number of ether oxygens (including phenoxy) is 4. The van der Waals surface area contributed by atoms with E-state index in [1.807, 2.05) is 0 Å². The fourth-order valence-electron chi connectivity index (χ4n) is 2.46. The highest BCUT2D eigenvalue weighted by Gasteiger charge is 2.30. The Morgan fingerprint density at radius 1 is 1.17 bits per heavy atom. The number of methoxy groups -OCH3 is 1. The number of carbonyl (C=O) groups excluding carboxylic acids is 2. The molecule has 1 aromatic rings. The van der Waals surface area contributed by atoms with Gasteiger partial charge in [-0.15, -0.1) is 0 Å². The highest BCUT2D eigenvalue weighted by atomic mass is 19.3. The number of alkyl carbamates (subject to hydrolysis) is 1. The fraction of sp³-hybridized carbons (Fsp3) is 0.600. The first-order chi connectivity index (χ1) is 13.8. The lowest BCUT2D eigenvalue weighted by Gasteiger charge is -2.27. The molecule has 0 radical (unpaired) electrons. The van der Waals surface area contributed by atoms with Crippen LogP contribution < -0.4 is 10.1 Å². The Labute approximate surface area is 173 Å². The van der Waals surface area contributed by atoms with Crippen LogP contribution >= 0.6 is 0 Å². The van der Waals surface area contributed by atoms with Crippen molar-refractivity contribution in [3.63, 3.8) is 0 Å². The number of amides is 1. The maximum absolute atomic E-state index is 13.5. The molecule has 7 nitrogen and oxygen atoms in total. The topological polar surface area (TPSA) is 83.1 Å². The van der Waals surface area contributed by atoms with E-state index >= 15 is 0 Å². The number of alkyl halides is 2. The van der Waals surface area contributed by atoms with Crippen LogP contribution in [0.3, 0.4) is 0 Å². The van der Waals surface area contributed by atoms with Crippen molar-refractivity contribution >= 4 is 12.1 Å². The molecule has 0 heterocycles. The molecule has 0 unspecified atom stereocenters. The van der Waals surface area contributed by atoms with Crippen LogP contribution in [-0.2, 0) is 19.0 Å². The predicted molar refractivity (Wildman–Crippen MR) is 102 cm³/mol. The minimum absolute atomic E-state index is 0.0529. The highest BCUT2D eigenvalue weighted by molar-refractivity contribution is 5.81. The second-order valence-corrected chi connectivity index (χ2v) is 7.54. The molecule has 0 aromatic heterocycles. The second kappa shape index (κ2) is 11.1. The molecular formula is C20H28F3NO6. The molecule has 0 saturated carbocycles. The maximum Gasteiger partial charge on any atom is 0.408 e. The van der Waals surface area contributed by atoms with Crippen molar-refractivity contribution in [1.29, 1.82) is 0 Å². The molecule has 0 fully saturated rings. The number of nitrogens with one attached hydrogen (secondary N) is 1.